The predicted octanol–water partition coefficient (Wildman–Crippen LogP) is 4.74. The molecule has 2 aliphatic heterocycles. The van der Waals surface area contributed by atoms with Crippen molar-refractivity contribution in [2.24, 2.45) is 0 Å². The Hall–Kier alpha value is -3.71. The van der Waals surface area contributed by atoms with E-state index in [-0.39, 0.29) is 5.91 Å². The van der Waals surface area contributed by atoms with Gasteiger partial charge in [-0.1, -0.05) is 59.9 Å². The lowest BCUT2D eigenvalue weighted by Crippen LogP contribution is -2.38. The number of pyridine rings is 1. The van der Waals surface area contributed by atoms with Gasteiger partial charge in [0.1, 0.15) is 16.7 Å². The van der Waals surface area contributed by atoms with E-state index in [2.05, 4.69) is 48.7 Å². The van der Waals surface area contributed by atoms with Crippen molar-refractivity contribution in [3.05, 3.63) is 71.0 Å². The molecule has 4 heterocycles. The van der Waals surface area contributed by atoms with Crippen LogP contribution in [0.2, 0.25) is 0 Å². The van der Waals surface area contributed by atoms with Gasteiger partial charge in [-0.05, 0) is 48.7 Å². The number of nitrogens with zero attached hydrogens (tertiary/aromatic N) is 6. The van der Waals surface area contributed by atoms with Gasteiger partial charge < -0.3 is 9.47 Å². The van der Waals surface area contributed by atoms with Gasteiger partial charge in [0.05, 0.1) is 23.6 Å². The lowest BCUT2D eigenvalue weighted by molar-refractivity contribution is -0.122. The summed E-state index contributed by atoms with van der Waals surface area (Å²) in [5, 5.41) is 15.1. The van der Waals surface area contributed by atoms with Crippen LogP contribution in [0.25, 0.3) is 28.1 Å². The third-order valence-corrected chi connectivity index (χ3v) is 8.89. The summed E-state index contributed by atoms with van der Waals surface area (Å²) in [5.41, 5.74) is 3.75. The van der Waals surface area contributed by atoms with Crippen LogP contribution in [-0.2, 0) is 16.0 Å². The number of benzene rings is 2. The van der Waals surface area contributed by atoms with Crippen molar-refractivity contribution in [1.82, 2.24) is 35.4 Å². The molecule has 4 aromatic rings. The number of H-pyrrole nitrogens is 1. The zero-order chi connectivity index (χ0) is 29.4. The molecule has 0 bridgehead atoms. The maximum Gasteiger partial charge on any atom is 0.266 e. The second-order valence-corrected chi connectivity index (χ2v) is 12.1. The number of morpholine rings is 1. The lowest BCUT2D eigenvalue weighted by atomic mass is 10.0. The molecule has 0 atom stereocenters. The Morgan fingerprint density at radius 2 is 1.95 bits per heavy atom. The molecule has 1 amide bonds. The monoisotopic (exact) mass is 615 g/mol. The fraction of sp³-hybridized carbons (Fsp3) is 0.355. The van der Waals surface area contributed by atoms with E-state index >= 15 is 0 Å². The van der Waals surface area contributed by atoms with Crippen LogP contribution < -0.4 is 4.74 Å². The number of fused-ring (bicyclic) bond motifs is 1. The Morgan fingerprint density at radius 1 is 1.07 bits per heavy atom. The van der Waals surface area contributed by atoms with E-state index < -0.39 is 0 Å². The first kappa shape index (κ1) is 29.4. The molecule has 0 aliphatic carbocycles. The van der Waals surface area contributed by atoms with Gasteiger partial charge >= 0.3 is 0 Å². The van der Waals surface area contributed by atoms with Gasteiger partial charge in [-0.15, -0.1) is 10.2 Å². The number of para-hydroxylation sites is 1. The number of aromatic nitrogens is 5. The van der Waals surface area contributed by atoms with Crippen molar-refractivity contribution in [3.63, 3.8) is 0 Å². The van der Waals surface area contributed by atoms with Gasteiger partial charge in [-0.3, -0.25) is 19.6 Å². The molecule has 2 aromatic heterocycles. The molecule has 0 saturated carbocycles. The van der Waals surface area contributed by atoms with Crippen LogP contribution in [0.3, 0.4) is 0 Å². The number of unbranched alkanes of at least 4 members (excludes halogenated alkanes) is 2. The first-order chi connectivity index (χ1) is 21.1. The number of rotatable bonds is 12. The van der Waals surface area contributed by atoms with Crippen molar-refractivity contribution in [2.45, 2.75) is 25.7 Å². The number of nitrogens with one attached hydrogen (secondary N) is 1. The highest BCUT2D eigenvalue weighted by molar-refractivity contribution is 8.26. The Kier molecular flexibility index (Phi) is 9.68. The van der Waals surface area contributed by atoms with Crippen LogP contribution in [0.5, 0.6) is 5.75 Å². The van der Waals surface area contributed by atoms with Crippen molar-refractivity contribution < 1.29 is 14.3 Å². The molecule has 0 spiro atoms. The Morgan fingerprint density at radius 3 is 2.81 bits per heavy atom. The molecular weight excluding hydrogens is 583 g/mol. The lowest BCUT2D eigenvalue weighted by Gasteiger charge is -2.26. The fourth-order valence-electron chi connectivity index (χ4n) is 5.18. The molecule has 2 saturated heterocycles. The molecule has 0 radical (unpaired) electrons. The summed E-state index contributed by atoms with van der Waals surface area (Å²) in [5.74, 6) is 1.45. The number of tetrazole rings is 1. The van der Waals surface area contributed by atoms with Crippen LogP contribution in [0.1, 0.15) is 30.7 Å². The first-order valence-electron chi connectivity index (χ1n) is 14.5. The van der Waals surface area contributed by atoms with Crippen LogP contribution in [0, 0.1) is 0 Å². The SMILES string of the molecule is O=C1/C(=C/c2ccc(OCCN3CCOCC3)c(-c3cnc4ccccc4c3)c2)SC(=S)N1CCCCCc1nn[nH]n1. The molecule has 43 heavy (non-hydrogen) atoms. The van der Waals surface area contributed by atoms with Crippen LogP contribution in [-0.4, -0.2) is 91.6 Å². The zero-order valence-electron chi connectivity index (χ0n) is 23.8. The second kappa shape index (κ2) is 14.2. The predicted molar refractivity (Wildman–Crippen MR) is 172 cm³/mol. The average Bonchev–Trinajstić information content (AvgIpc) is 3.65. The minimum atomic E-state index is -0.0482. The number of carbonyl (C=O) groups is 1. The Labute approximate surface area is 259 Å². The molecule has 2 aliphatic rings. The van der Waals surface area contributed by atoms with Gasteiger partial charge in [0.25, 0.3) is 5.91 Å². The average molecular weight is 616 g/mol. The fourth-order valence-corrected chi connectivity index (χ4v) is 6.49. The third-order valence-electron chi connectivity index (χ3n) is 7.52. The highest BCUT2D eigenvalue weighted by atomic mass is 32.2. The number of carbonyl (C=O) groups excluding carboxylic acids is 1. The number of amides is 1. The molecule has 222 valence electrons. The smallest absolute Gasteiger partial charge is 0.266 e. The summed E-state index contributed by atoms with van der Waals surface area (Å²) in [6.07, 6.45) is 7.29. The largest absolute Gasteiger partial charge is 0.492 e. The van der Waals surface area contributed by atoms with Crippen molar-refractivity contribution in [2.75, 3.05) is 46.0 Å². The maximum atomic E-state index is 13.3. The van der Waals surface area contributed by atoms with Crippen LogP contribution in [0.4, 0.5) is 0 Å². The number of aromatic amines is 1. The van der Waals surface area contributed by atoms with Crippen molar-refractivity contribution >= 4 is 51.2 Å². The van der Waals surface area contributed by atoms with E-state index in [1.807, 2.05) is 42.6 Å². The quantitative estimate of drug-likeness (QED) is 0.136. The molecular formula is C31H33N7O3S2. The van der Waals surface area contributed by atoms with E-state index in [4.69, 9.17) is 21.7 Å². The van der Waals surface area contributed by atoms with Crippen molar-refractivity contribution in [1.29, 1.82) is 0 Å². The minimum absolute atomic E-state index is 0.0482. The normalized spacial score (nSPS) is 16.9. The van der Waals surface area contributed by atoms with E-state index in [1.165, 1.54) is 11.8 Å². The maximum absolute atomic E-state index is 13.3. The summed E-state index contributed by atoms with van der Waals surface area (Å²) in [7, 11) is 0. The molecule has 12 heteroatoms. The summed E-state index contributed by atoms with van der Waals surface area (Å²) < 4.78 is 12.4. The third kappa shape index (κ3) is 7.45. The number of hydrogen-bond acceptors (Lipinski definition) is 10. The molecule has 6 rings (SSSR count). The number of hydrogen-bond donors (Lipinski definition) is 1. The molecule has 0 unspecified atom stereocenters. The highest BCUT2D eigenvalue weighted by Crippen LogP contribution is 2.36. The van der Waals surface area contributed by atoms with E-state index in [0.29, 0.717) is 28.2 Å². The number of aryl methyl sites for hydroxylation is 1. The first-order valence-corrected chi connectivity index (χ1v) is 15.8. The summed E-state index contributed by atoms with van der Waals surface area (Å²) in [4.78, 5) is 22.7. The van der Waals surface area contributed by atoms with Gasteiger partial charge in [0.15, 0.2) is 5.82 Å². The molecule has 1 N–H and O–H groups in total. The van der Waals surface area contributed by atoms with Crippen LogP contribution in [0.15, 0.2) is 59.6 Å². The number of thioether (sulfide) groups is 1. The summed E-state index contributed by atoms with van der Waals surface area (Å²) in [6, 6.07) is 16.3. The Bertz CT molecular complexity index is 1610. The summed E-state index contributed by atoms with van der Waals surface area (Å²) >= 11 is 6.93. The van der Waals surface area contributed by atoms with Crippen LogP contribution >= 0.6 is 24.0 Å². The molecule has 2 aromatic carbocycles. The van der Waals surface area contributed by atoms with E-state index in [9.17, 15) is 4.79 Å². The zero-order valence-corrected chi connectivity index (χ0v) is 25.4. The van der Waals surface area contributed by atoms with Crippen molar-refractivity contribution in [3.8, 4) is 16.9 Å². The molecule has 2 fully saturated rings. The topological polar surface area (TPSA) is 109 Å². The second-order valence-electron chi connectivity index (χ2n) is 10.4. The van der Waals surface area contributed by atoms with E-state index in [0.717, 1.165) is 91.9 Å². The standard InChI is InChI=1S/C31H33N7O3S2/c39-30-28(43-31(42)38(30)11-5-1-2-8-29-33-35-36-34-29)19-22-9-10-27(41-17-14-37-12-15-40-16-13-37)25(18-22)24-20-23-6-3-4-7-26(23)32-21-24/h3-4,6-7,9-10,18-21H,1-2,5,8,11-17H2,(H,33,34,35,36)/b28-19-. The number of thiocarbonyl (C=S) groups is 1. The molecule has 10 nitrogen and oxygen atoms in total. The van der Waals surface area contributed by atoms with Gasteiger partial charge in [-0.2, -0.15) is 5.21 Å². The van der Waals surface area contributed by atoms with Gasteiger partial charge in [0, 0.05) is 55.3 Å². The Balaban J connectivity index is 1.17. The van der Waals surface area contributed by atoms with E-state index in [1.54, 1.807) is 4.90 Å². The van der Waals surface area contributed by atoms with Gasteiger partial charge in [0.2, 0.25) is 0 Å². The van der Waals surface area contributed by atoms with Gasteiger partial charge in [-0.25, -0.2) is 0 Å². The summed E-state index contributed by atoms with van der Waals surface area (Å²) in [6.45, 7) is 5.36. The minimum Gasteiger partial charge on any atom is -0.492 e. The number of ether oxygens (including phenoxy) is 2. The highest BCUT2D eigenvalue weighted by Gasteiger charge is 2.31.